The van der Waals surface area contributed by atoms with Crippen LogP contribution in [0.4, 0.5) is 11.4 Å². The number of anilines is 2. The summed E-state index contributed by atoms with van der Waals surface area (Å²) in [6.45, 7) is 1.97. The van der Waals surface area contributed by atoms with Crippen LogP contribution in [-0.4, -0.2) is 14.4 Å². The van der Waals surface area contributed by atoms with E-state index in [0.717, 1.165) is 11.3 Å². The molecular weight excluding hydrogens is 274 g/mol. The molecule has 2 aromatic rings. The maximum atomic E-state index is 12.1. The molecule has 1 heterocycles. The van der Waals surface area contributed by atoms with Crippen LogP contribution in [0.25, 0.3) is 0 Å². The van der Waals surface area contributed by atoms with E-state index in [4.69, 9.17) is 0 Å². The Bertz CT molecular complexity index is 798. The summed E-state index contributed by atoms with van der Waals surface area (Å²) in [5.41, 5.74) is 2.39. The van der Waals surface area contributed by atoms with E-state index in [2.05, 4.69) is 15.0 Å². The van der Waals surface area contributed by atoms with Gasteiger partial charge in [0.15, 0.2) is 0 Å². The molecule has 2 aromatic carbocycles. The van der Waals surface area contributed by atoms with Crippen molar-refractivity contribution in [2.45, 2.75) is 11.8 Å². The number of guanidine groups is 1. The van der Waals surface area contributed by atoms with Crippen molar-refractivity contribution < 1.29 is 8.42 Å². The van der Waals surface area contributed by atoms with Gasteiger partial charge in [-0.1, -0.05) is 24.3 Å². The number of sulfonamides is 1. The Morgan fingerprint density at radius 3 is 2.70 bits per heavy atom. The lowest BCUT2D eigenvalue weighted by Gasteiger charge is -2.18. The second-order valence-corrected chi connectivity index (χ2v) is 6.10. The zero-order valence-electron chi connectivity index (χ0n) is 10.8. The summed E-state index contributed by atoms with van der Waals surface area (Å²) in [6.07, 6.45) is 0. The van der Waals surface area contributed by atoms with E-state index >= 15 is 0 Å². The molecule has 0 aliphatic carbocycles. The van der Waals surface area contributed by atoms with Gasteiger partial charge >= 0.3 is 0 Å². The highest BCUT2D eigenvalue weighted by molar-refractivity contribution is 7.90. The zero-order valence-corrected chi connectivity index (χ0v) is 11.6. The normalized spacial score (nSPS) is 15.8. The molecule has 0 saturated carbocycles. The minimum Gasteiger partial charge on any atom is -0.325 e. The average Bonchev–Trinajstić information content (AvgIpc) is 2.38. The minimum absolute atomic E-state index is 0.190. The highest BCUT2D eigenvalue weighted by Crippen LogP contribution is 2.26. The largest absolute Gasteiger partial charge is 0.325 e. The van der Waals surface area contributed by atoms with Crippen LogP contribution in [-0.2, 0) is 10.0 Å². The van der Waals surface area contributed by atoms with Gasteiger partial charge in [-0.15, -0.1) is 4.40 Å². The third-order valence-electron chi connectivity index (χ3n) is 2.91. The quantitative estimate of drug-likeness (QED) is 0.845. The lowest BCUT2D eigenvalue weighted by molar-refractivity contribution is 0.598. The molecule has 0 atom stereocenters. The van der Waals surface area contributed by atoms with Gasteiger partial charge in [-0.3, -0.25) is 0 Å². The van der Waals surface area contributed by atoms with Crippen LogP contribution in [0, 0.1) is 6.92 Å². The number of nitrogens with zero attached hydrogens (tertiary/aromatic N) is 1. The van der Waals surface area contributed by atoms with Crippen LogP contribution >= 0.6 is 0 Å². The molecule has 0 radical (unpaired) electrons. The summed E-state index contributed by atoms with van der Waals surface area (Å²) >= 11 is 0. The summed E-state index contributed by atoms with van der Waals surface area (Å²) in [7, 11) is -3.66. The SMILES string of the molecule is Cc1cccc(NC2=NS(=O)(=O)c3ccccc3N2)c1. The van der Waals surface area contributed by atoms with E-state index in [9.17, 15) is 8.42 Å². The summed E-state index contributed by atoms with van der Waals surface area (Å²) in [6, 6.07) is 14.3. The Morgan fingerprint density at radius 1 is 1.10 bits per heavy atom. The van der Waals surface area contributed by atoms with E-state index in [1.807, 2.05) is 31.2 Å². The van der Waals surface area contributed by atoms with Gasteiger partial charge in [0.05, 0.1) is 5.69 Å². The Hall–Kier alpha value is -2.34. The maximum Gasteiger partial charge on any atom is 0.287 e. The first kappa shape index (κ1) is 12.7. The van der Waals surface area contributed by atoms with Crippen LogP contribution in [0.1, 0.15) is 5.56 Å². The number of hydrogen-bond donors (Lipinski definition) is 2. The first-order valence-electron chi connectivity index (χ1n) is 6.09. The smallest absolute Gasteiger partial charge is 0.287 e. The van der Waals surface area contributed by atoms with Crippen LogP contribution < -0.4 is 10.6 Å². The molecule has 1 aliphatic heterocycles. The number of fused-ring (bicyclic) bond motifs is 1. The molecule has 0 amide bonds. The van der Waals surface area contributed by atoms with Crippen molar-refractivity contribution >= 4 is 27.4 Å². The Kier molecular flexibility index (Phi) is 2.94. The molecule has 0 saturated heterocycles. The summed E-state index contributed by atoms with van der Waals surface area (Å²) in [5.74, 6) is 0.203. The molecule has 1 aliphatic rings. The van der Waals surface area contributed by atoms with Gasteiger partial charge in [-0.25, -0.2) is 0 Å². The standard InChI is InChI=1S/C14H13N3O2S/c1-10-5-4-6-11(9-10)15-14-16-12-7-2-3-8-13(12)20(18,19)17-14/h2-9H,1H3,(H2,15,16,17). The zero-order chi connectivity index (χ0) is 14.2. The van der Waals surface area contributed by atoms with Gasteiger partial charge in [0.25, 0.3) is 10.0 Å². The van der Waals surface area contributed by atoms with Crippen molar-refractivity contribution in [2.75, 3.05) is 10.6 Å². The monoisotopic (exact) mass is 287 g/mol. The fourth-order valence-electron chi connectivity index (χ4n) is 2.03. The number of nitrogens with one attached hydrogen (secondary N) is 2. The van der Waals surface area contributed by atoms with Crippen LogP contribution in [0.2, 0.25) is 0 Å². The molecule has 6 heteroatoms. The molecule has 0 bridgehead atoms. The van der Waals surface area contributed by atoms with Gasteiger partial charge in [-0.2, -0.15) is 8.42 Å². The Balaban J connectivity index is 1.96. The highest BCUT2D eigenvalue weighted by atomic mass is 32.2. The predicted molar refractivity (Wildman–Crippen MR) is 79.5 cm³/mol. The number of para-hydroxylation sites is 1. The molecule has 0 unspecified atom stereocenters. The molecule has 5 nitrogen and oxygen atoms in total. The third kappa shape index (κ3) is 2.37. The second kappa shape index (κ2) is 4.64. The van der Waals surface area contributed by atoms with E-state index in [0.29, 0.717) is 5.69 Å². The van der Waals surface area contributed by atoms with Crippen LogP contribution in [0.15, 0.2) is 57.8 Å². The highest BCUT2D eigenvalue weighted by Gasteiger charge is 2.24. The van der Waals surface area contributed by atoms with Crippen LogP contribution in [0.3, 0.4) is 0 Å². The van der Waals surface area contributed by atoms with Crippen molar-refractivity contribution in [2.24, 2.45) is 4.40 Å². The molecule has 102 valence electrons. The molecule has 0 aromatic heterocycles. The number of rotatable bonds is 1. The van der Waals surface area contributed by atoms with E-state index in [-0.39, 0.29) is 10.9 Å². The fourth-order valence-corrected chi connectivity index (χ4v) is 3.11. The van der Waals surface area contributed by atoms with Gasteiger partial charge < -0.3 is 10.6 Å². The topological polar surface area (TPSA) is 70.6 Å². The van der Waals surface area contributed by atoms with E-state index < -0.39 is 10.0 Å². The lowest BCUT2D eigenvalue weighted by atomic mass is 10.2. The maximum absolute atomic E-state index is 12.1. The van der Waals surface area contributed by atoms with Gasteiger partial charge in [0.1, 0.15) is 4.90 Å². The van der Waals surface area contributed by atoms with Crippen molar-refractivity contribution in [3.63, 3.8) is 0 Å². The van der Waals surface area contributed by atoms with Gasteiger partial charge in [0, 0.05) is 5.69 Å². The van der Waals surface area contributed by atoms with E-state index in [1.54, 1.807) is 18.2 Å². The van der Waals surface area contributed by atoms with Gasteiger partial charge in [-0.05, 0) is 36.8 Å². The molecule has 0 spiro atoms. The third-order valence-corrected chi connectivity index (χ3v) is 4.25. The summed E-state index contributed by atoms with van der Waals surface area (Å²) < 4.78 is 27.9. The molecule has 2 N–H and O–H groups in total. The predicted octanol–water partition coefficient (Wildman–Crippen LogP) is 2.58. The van der Waals surface area contributed by atoms with Crippen molar-refractivity contribution in [3.8, 4) is 0 Å². The minimum atomic E-state index is -3.66. The first-order chi connectivity index (χ1) is 9.54. The Morgan fingerprint density at radius 2 is 1.90 bits per heavy atom. The Labute approximate surface area is 117 Å². The van der Waals surface area contributed by atoms with E-state index in [1.165, 1.54) is 6.07 Å². The van der Waals surface area contributed by atoms with Gasteiger partial charge in [0.2, 0.25) is 5.96 Å². The average molecular weight is 287 g/mol. The molecule has 3 rings (SSSR count). The number of benzene rings is 2. The summed E-state index contributed by atoms with van der Waals surface area (Å²) in [5, 5.41) is 5.96. The van der Waals surface area contributed by atoms with Crippen LogP contribution in [0.5, 0.6) is 0 Å². The van der Waals surface area contributed by atoms with Crippen molar-refractivity contribution in [1.82, 2.24) is 0 Å². The lowest BCUT2D eigenvalue weighted by Crippen LogP contribution is -2.28. The molecule has 0 fully saturated rings. The molecular formula is C14H13N3O2S. The van der Waals surface area contributed by atoms with Crippen molar-refractivity contribution in [3.05, 3.63) is 54.1 Å². The molecule has 20 heavy (non-hydrogen) atoms. The second-order valence-electron chi connectivity index (χ2n) is 4.53. The first-order valence-corrected chi connectivity index (χ1v) is 7.53. The number of hydrogen-bond acceptors (Lipinski definition) is 4. The summed E-state index contributed by atoms with van der Waals surface area (Å²) in [4.78, 5) is 0.190. The fraction of sp³-hybridized carbons (Fsp3) is 0.0714. The number of aryl methyl sites for hydroxylation is 1. The van der Waals surface area contributed by atoms with Crippen molar-refractivity contribution in [1.29, 1.82) is 0 Å².